The van der Waals surface area contributed by atoms with E-state index in [9.17, 15) is 14.3 Å². The monoisotopic (exact) mass is 320 g/mol. The van der Waals surface area contributed by atoms with Gasteiger partial charge in [-0.05, 0) is 56.2 Å². The molecule has 2 aliphatic rings. The maximum atomic E-state index is 13.1. The summed E-state index contributed by atoms with van der Waals surface area (Å²) >= 11 is 0. The molecule has 0 bridgehead atoms. The number of aliphatic hydroxyl groups excluding tert-OH is 1. The minimum absolute atomic E-state index is 0.0445. The summed E-state index contributed by atoms with van der Waals surface area (Å²) in [6, 6.07) is 6.40. The third-order valence-electron chi connectivity index (χ3n) is 5.34. The zero-order valence-electron chi connectivity index (χ0n) is 13.5. The second-order valence-electron chi connectivity index (χ2n) is 7.14. The number of hydrogen-bond donors (Lipinski definition) is 3. The van der Waals surface area contributed by atoms with Crippen LogP contribution in [-0.4, -0.2) is 29.3 Å². The van der Waals surface area contributed by atoms with E-state index < -0.39 is 5.54 Å². The fourth-order valence-electron chi connectivity index (χ4n) is 3.70. The lowest BCUT2D eigenvalue weighted by Crippen LogP contribution is -2.56. The van der Waals surface area contributed by atoms with Crippen LogP contribution in [0.15, 0.2) is 24.3 Å². The maximum Gasteiger partial charge on any atom is 0.315 e. The lowest BCUT2D eigenvalue weighted by Gasteiger charge is -2.30. The predicted octanol–water partition coefficient (Wildman–Crippen LogP) is 2.92. The number of carbonyl (C=O) groups is 1. The molecule has 2 aliphatic carbocycles. The molecule has 2 saturated carbocycles. The SMILES string of the molecule is CC(CO)(NC(=O)NC1CCCC1c1ccc(F)cc1)C1CC1. The first-order chi connectivity index (χ1) is 11.0. The molecule has 0 spiro atoms. The molecule has 3 unspecified atom stereocenters. The van der Waals surface area contributed by atoms with Crippen molar-refractivity contribution in [3.05, 3.63) is 35.6 Å². The van der Waals surface area contributed by atoms with Gasteiger partial charge in [0.25, 0.3) is 0 Å². The van der Waals surface area contributed by atoms with E-state index in [1.54, 1.807) is 12.1 Å². The van der Waals surface area contributed by atoms with Crippen molar-refractivity contribution in [1.82, 2.24) is 10.6 Å². The molecule has 23 heavy (non-hydrogen) atoms. The third-order valence-corrected chi connectivity index (χ3v) is 5.34. The molecule has 0 saturated heterocycles. The molecule has 0 heterocycles. The smallest absolute Gasteiger partial charge is 0.315 e. The quantitative estimate of drug-likeness (QED) is 0.781. The molecule has 5 heteroatoms. The van der Waals surface area contributed by atoms with Crippen LogP contribution in [0.3, 0.4) is 0 Å². The van der Waals surface area contributed by atoms with E-state index in [1.807, 2.05) is 6.92 Å². The molecular formula is C18H25FN2O2. The van der Waals surface area contributed by atoms with Gasteiger partial charge < -0.3 is 15.7 Å². The molecule has 1 aromatic carbocycles. The lowest BCUT2D eigenvalue weighted by atomic mass is 9.94. The summed E-state index contributed by atoms with van der Waals surface area (Å²) in [6.07, 6.45) is 5.08. The van der Waals surface area contributed by atoms with Crippen LogP contribution in [-0.2, 0) is 0 Å². The molecule has 3 N–H and O–H groups in total. The Labute approximate surface area is 136 Å². The van der Waals surface area contributed by atoms with Gasteiger partial charge in [0.2, 0.25) is 0 Å². The highest BCUT2D eigenvalue weighted by atomic mass is 19.1. The van der Waals surface area contributed by atoms with Crippen LogP contribution in [0.4, 0.5) is 9.18 Å². The molecule has 1 aromatic rings. The minimum atomic E-state index is -0.534. The molecule has 4 nitrogen and oxygen atoms in total. The van der Waals surface area contributed by atoms with Crippen molar-refractivity contribution in [3.8, 4) is 0 Å². The fraction of sp³-hybridized carbons (Fsp3) is 0.611. The molecule has 2 fully saturated rings. The zero-order chi connectivity index (χ0) is 16.4. The fourth-order valence-corrected chi connectivity index (χ4v) is 3.70. The van der Waals surface area contributed by atoms with Crippen molar-refractivity contribution in [2.45, 2.75) is 56.5 Å². The molecule has 3 rings (SSSR count). The number of carbonyl (C=O) groups excluding carboxylic acids is 1. The van der Waals surface area contributed by atoms with Gasteiger partial charge in [-0.3, -0.25) is 0 Å². The molecule has 0 aromatic heterocycles. The summed E-state index contributed by atoms with van der Waals surface area (Å²) in [5.74, 6) is 0.356. The third kappa shape index (κ3) is 3.66. The predicted molar refractivity (Wildman–Crippen MR) is 86.7 cm³/mol. The number of urea groups is 1. The summed E-state index contributed by atoms with van der Waals surface area (Å²) in [4.78, 5) is 12.3. The summed E-state index contributed by atoms with van der Waals surface area (Å²) in [6.45, 7) is 1.85. The van der Waals surface area contributed by atoms with E-state index in [1.165, 1.54) is 12.1 Å². The highest BCUT2D eigenvalue weighted by Gasteiger charge is 2.42. The molecule has 0 aliphatic heterocycles. The molecular weight excluding hydrogens is 295 g/mol. The van der Waals surface area contributed by atoms with E-state index in [4.69, 9.17) is 0 Å². The first kappa shape index (κ1) is 16.2. The normalized spacial score (nSPS) is 26.6. The van der Waals surface area contributed by atoms with Crippen molar-refractivity contribution < 1.29 is 14.3 Å². The average molecular weight is 320 g/mol. The van der Waals surface area contributed by atoms with Gasteiger partial charge in [0.05, 0.1) is 12.1 Å². The highest BCUT2D eigenvalue weighted by Crippen LogP contribution is 2.39. The first-order valence-corrected chi connectivity index (χ1v) is 8.47. The largest absolute Gasteiger partial charge is 0.394 e. The van der Waals surface area contributed by atoms with Gasteiger partial charge in [0.15, 0.2) is 0 Å². The number of nitrogens with one attached hydrogen (secondary N) is 2. The van der Waals surface area contributed by atoms with E-state index in [-0.39, 0.29) is 30.4 Å². The van der Waals surface area contributed by atoms with Crippen molar-refractivity contribution in [1.29, 1.82) is 0 Å². The van der Waals surface area contributed by atoms with Gasteiger partial charge in [-0.15, -0.1) is 0 Å². The Morgan fingerprint density at radius 3 is 2.57 bits per heavy atom. The van der Waals surface area contributed by atoms with Crippen LogP contribution < -0.4 is 10.6 Å². The molecule has 2 amide bonds. The zero-order valence-corrected chi connectivity index (χ0v) is 13.5. The Bertz CT molecular complexity index is 559. The molecule has 3 atom stereocenters. The number of rotatable bonds is 5. The summed E-state index contributed by atoms with van der Waals surface area (Å²) in [5.41, 5.74) is 0.537. The number of amides is 2. The van der Waals surface area contributed by atoms with Crippen LogP contribution >= 0.6 is 0 Å². The van der Waals surface area contributed by atoms with Crippen molar-refractivity contribution in [2.75, 3.05) is 6.61 Å². The molecule has 126 valence electrons. The number of aliphatic hydroxyl groups is 1. The first-order valence-electron chi connectivity index (χ1n) is 8.47. The minimum Gasteiger partial charge on any atom is -0.394 e. The van der Waals surface area contributed by atoms with Gasteiger partial charge in [0.1, 0.15) is 5.82 Å². The summed E-state index contributed by atoms with van der Waals surface area (Å²) in [7, 11) is 0. The maximum absolute atomic E-state index is 13.1. The van der Waals surface area contributed by atoms with Crippen LogP contribution in [0.2, 0.25) is 0 Å². The van der Waals surface area contributed by atoms with Gasteiger partial charge in [-0.1, -0.05) is 18.6 Å². The number of halogens is 1. The van der Waals surface area contributed by atoms with Crippen molar-refractivity contribution >= 4 is 6.03 Å². The Morgan fingerprint density at radius 1 is 1.26 bits per heavy atom. The topological polar surface area (TPSA) is 61.4 Å². The van der Waals surface area contributed by atoms with Crippen molar-refractivity contribution in [3.63, 3.8) is 0 Å². The lowest BCUT2D eigenvalue weighted by molar-refractivity contribution is 0.154. The average Bonchev–Trinajstić information content (AvgIpc) is 3.30. The van der Waals surface area contributed by atoms with Gasteiger partial charge in [-0.2, -0.15) is 0 Å². The Hall–Kier alpha value is -1.62. The van der Waals surface area contributed by atoms with Gasteiger partial charge in [-0.25, -0.2) is 9.18 Å². The standard InChI is InChI=1S/C18H25FN2O2/c1-18(11-22,13-7-8-13)21-17(23)20-16-4-2-3-15(16)12-5-9-14(19)10-6-12/h5-6,9-10,13,15-16,22H,2-4,7-8,11H2,1H3,(H2,20,21,23). The highest BCUT2D eigenvalue weighted by molar-refractivity contribution is 5.75. The second-order valence-corrected chi connectivity index (χ2v) is 7.14. The van der Waals surface area contributed by atoms with Crippen molar-refractivity contribution in [2.24, 2.45) is 5.92 Å². The van der Waals surface area contributed by atoms with Crippen LogP contribution in [0.5, 0.6) is 0 Å². The summed E-state index contributed by atoms with van der Waals surface area (Å²) < 4.78 is 13.1. The van der Waals surface area contributed by atoms with E-state index in [2.05, 4.69) is 10.6 Å². The summed E-state index contributed by atoms with van der Waals surface area (Å²) in [5, 5.41) is 15.6. The number of benzene rings is 1. The van der Waals surface area contributed by atoms with Crippen LogP contribution in [0.1, 0.15) is 50.5 Å². The van der Waals surface area contributed by atoms with Gasteiger partial charge >= 0.3 is 6.03 Å². The molecule has 0 radical (unpaired) electrons. The van der Waals surface area contributed by atoms with Crippen LogP contribution in [0.25, 0.3) is 0 Å². The van der Waals surface area contributed by atoms with E-state index in [0.717, 1.165) is 37.7 Å². The Kier molecular flexibility index (Phi) is 4.57. The Balaban J connectivity index is 1.62. The Morgan fingerprint density at radius 2 is 1.96 bits per heavy atom. The van der Waals surface area contributed by atoms with Gasteiger partial charge in [0, 0.05) is 12.0 Å². The van der Waals surface area contributed by atoms with E-state index >= 15 is 0 Å². The van der Waals surface area contributed by atoms with E-state index in [0.29, 0.717) is 5.92 Å². The number of hydrogen-bond acceptors (Lipinski definition) is 2. The van der Waals surface area contributed by atoms with Crippen LogP contribution in [0, 0.1) is 11.7 Å². The second kappa shape index (κ2) is 6.48.